The molecule has 2 aromatic heterocycles. The van der Waals surface area contributed by atoms with Crippen LogP contribution in [-0.2, 0) is 6.54 Å². The van der Waals surface area contributed by atoms with Crippen LogP contribution in [0.25, 0.3) is 22.6 Å². The van der Waals surface area contributed by atoms with E-state index in [9.17, 15) is 4.79 Å². The van der Waals surface area contributed by atoms with Gasteiger partial charge in [0.15, 0.2) is 0 Å². The van der Waals surface area contributed by atoms with E-state index >= 15 is 0 Å². The number of fused-ring (bicyclic) bond motifs is 1. The first-order valence-electron chi connectivity index (χ1n) is 8.45. The molecule has 0 spiro atoms. The molecule has 7 nitrogen and oxygen atoms in total. The fourth-order valence-electron chi connectivity index (χ4n) is 3.08. The van der Waals surface area contributed by atoms with E-state index in [1.807, 2.05) is 36.4 Å². The summed E-state index contributed by atoms with van der Waals surface area (Å²) in [7, 11) is 0. The molecule has 2 aliphatic rings. The van der Waals surface area contributed by atoms with E-state index in [1.165, 1.54) is 0 Å². The monoisotopic (exact) mass is 346 g/mol. The molecule has 0 atom stereocenters. The Balaban J connectivity index is 1.97. The van der Waals surface area contributed by atoms with Crippen molar-refractivity contribution < 1.29 is 0 Å². The van der Waals surface area contributed by atoms with Gasteiger partial charge in [0.25, 0.3) is 5.56 Å². The molecule has 130 valence electrons. The fraction of sp³-hybridized carbons (Fsp3) is 0.211. The lowest BCUT2D eigenvalue weighted by Crippen LogP contribution is -2.17. The Morgan fingerprint density at radius 3 is 2.73 bits per heavy atom. The van der Waals surface area contributed by atoms with Gasteiger partial charge in [0.1, 0.15) is 0 Å². The molecule has 0 aromatic carbocycles. The molecular formula is C19H18N6O. The zero-order chi connectivity index (χ0) is 18.1. The predicted octanol–water partition coefficient (Wildman–Crippen LogP) is 2.70. The molecule has 4 rings (SSSR count). The predicted molar refractivity (Wildman–Crippen MR) is 97.9 cm³/mol. The number of hydrogen-bond donors (Lipinski definition) is 1. The van der Waals surface area contributed by atoms with Gasteiger partial charge in [-0.3, -0.25) is 9.78 Å². The molecular weight excluding hydrogens is 328 g/mol. The zero-order valence-electron chi connectivity index (χ0n) is 14.5. The molecule has 1 N–H and O–H groups in total. The van der Waals surface area contributed by atoms with E-state index in [1.54, 1.807) is 10.8 Å². The van der Waals surface area contributed by atoms with Crippen LogP contribution in [0.4, 0.5) is 0 Å². The Labute approximate surface area is 150 Å². The summed E-state index contributed by atoms with van der Waals surface area (Å²) < 4.78 is 1.72. The van der Waals surface area contributed by atoms with Crippen LogP contribution in [0.1, 0.15) is 31.0 Å². The summed E-state index contributed by atoms with van der Waals surface area (Å²) in [4.78, 5) is 17.5. The molecule has 26 heavy (non-hydrogen) atoms. The molecule has 0 bridgehead atoms. The Morgan fingerprint density at radius 1 is 1.15 bits per heavy atom. The number of H-pyrrole nitrogens is 1. The lowest BCUT2D eigenvalue weighted by Gasteiger charge is -2.05. The summed E-state index contributed by atoms with van der Waals surface area (Å²) in [6.45, 7) is 4.63. The largest absolute Gasteiger partial charge is 0.302 e. The Hall–Kier alpha value is -3.35. The maximum Gasteiger partial charge on any atom is 0.263 e. The molecule has 0 fully saturated rings. The van der Waals surface area contributed by atoms with Gasteiger partial charge in [-0.15, -0.1) is 10.2 Å². The van der Waals surface area contributed by atoms with Crippen LogP contribution >= 0.6 is 0 Å². The van der Waals surface area contributed by atoms with Crippen molar-refractivity contribution in [1.29, 1.82) is 0 Å². The minimum atomic E-state index is -0.145. The van der Waals surface area contributed by atoms with Gasteiger partial charge in [0.2, 0.25) is 5.82 Å². The molecule has 0 amide bonds. The highest BCUT2D eigenvalue weighted by Crippen LogP contribution is 2.32. The normalized spacial score (nSPS) is 11.3. The average molecular weight is 346 g/mol. The quantitative estimate of drug-likeness (QED) is 0.614. The second-order valence-corrected chi connectivity index (χ2v) is 6.45. The smallest absolute Gasteiger partial charge is 0.263 e. The zero-order valence-corrected chi connectivity index (χ0v) is 14.5. The molecule has 1 aliphatic heterocycles. The van der Waals surface area contributed by atoms with Crippen LogP contribution in [0, 0.1) is 0 Å². The molecule has 0 unspecified atom stereocenters. The van der Waals surface area contributed by atoms with Gasteiger partial charge >= 0.3 is 0 Å². The van der Waals surface area contributed by atoms with Crippen molar-refractivity contribution in [3.8, 4) is 22.6 Å². The molecule has 0 saturated heterocycles. The molecule has 1 aliphatic carbocycles. The number of pyridine rings is 1. The number of aromatic nitrogens is 6. The van der Waals surface area contributed by atoms with Crippen LogP contribution in [0.5, 0.6) is 0 Å². The Morgan fingerprint density at radius 2 is 2.04 bits per heavy atom. The van der Waals surface area contributed by atoms with Crippen LogP contribution in [-0.4, -0.2) is 30.2 Å². The number of aromatic amines is 1. The highest BCUT2D eigenvalue weighted by atomic mass is 16.1. The summed E-state index contributed by atoms with van der Waals surface area (Å²) in [5.41, 5.74) is 3.92. The number of nitrogens with one attached hydrogen (secondary N) is 1. The van der Waals surface area contributed by atoms with Crippen LogP contribution in [0.15, 0.2) is 53.5 Å². The van der Waals surface area contributed by atoms with E-state index in [2.05, 4.69) is 45.5 Å². The van der Waals surface area contributed by atoms with Crippen molar-refractivity contribution in [3.63, 3.8) is 0 Å². The highest BCUT2D eigenvalue weighted by molar-refractivity contribution is 5.81. The van der Waals surface area contributed by atoms with Gasteiger partial charge < -0.3 is 4.57 Å². The second kappa shape index (κ2) is 6.51. The van der Waals surface area contributed by atoms with Gasteiger partial charge in [-0.1, -0.05) is 32.0 Å². The van der Waals surface area contributed by atoms with Gasteiger partial charge in [-0.05, 0) is 41.0 Å². The van der Waals surface area contributed by atoms with E-state index in [0.29, 0.717) is 23.9 Å². The van der Waals surface area contributed by atoms with Crippen molar-refractivity contribution in [2.45, 2.75) is 26.3 Å². The molecule has 2 aromatic rings. The standard InChI is InChI=1S/C19H18N6O/c1-12(2)13-6-5-8-16-15(10-13)17(18-21-23-24-22-18)19(26)25(16)11-14-7-3-4-9-20-14/h3-10,12H,11H2,1-2H3,(H,21,22,23,24). The van der Waals surface area contributed by atoms with Gasteiger partial charge in [-0.2, -0.15) is 5.21 Å². The Kier molecular flexibility index (Phi) is 4.04. The van der Waals surface area contributed by atoms with E-state index in [0.717, 1.165) is 22.5 Å². The number of nitrogens with zero attached hydrogens (tertiary/aromatic N) is 5. The second-order valence-electron chi connectivity index (χ2n) is 6.45. The number of tetrazole rings is 1. The van der Waals surface area contributed by atoms with E-state index < -0.39 is 0 Å². The van der Waals surface area contributed by atoms with Crippen LogP contribution < -0.4 is 5.56 Å². The molecule has 7 heteroatoms. The molecule has 3 heterocycles. The van der Waals surface area contributed by atoms with Crippen molar-refractivity contribution in [2.24, 2.45) is 0 Å². The topological polar surface area (TPSA) is 89.4 Å². The fourth-order valence-corrected chi connectivity index (χ4v) is 3.08. The maximum absolute atomic E-state index is 13.2. The van der Waals surface area contributed by atoms with Crippen molar-refractivity contribution in [2.75, 3.05) is 0 Å². The lowest BCUT2D eigenvalue weighted by atomic mass is 10.0. The third kappa shape index (κ3) is 2.77. The molecule has 0 saturated carbocycles. The van der Waals surface area contributed by atoms with Crippen LogP contribution in [0.3, 0.4) is 0 Å². The maximum atomic E-state index is 13.2. The van der Waals surface area contributed by atoms with E-state index in [4.69, 9.17) is 0 Å². The van der Waals surface area contributed by atoms with E-state index in [-0.39, 0.29) is 5.56 Å². The minimum absolute atomic E-state index is 0.145. The van der Waals surface area contributed by atoms with Gasteiger partial charge in [0, 0.05) is 11.8 Å². The van der Waals surface area contributed by atoms with Crippen LogP contribution in [0.2, 0.25) is 0 Å². The summed E-state index contributed by atoms with van der Waals surface area (Å²) >= 11 is 0. The minimum Gasteiger partial charge on any atom is -0.302 e. The van der Waals surface area contributed by atoms with Crippen molar-refractivity contribution >= 4 is 0 Å². The lowest BCUT2D eigenvalue weighted by molar-refractivity contribution is 0.764. The van der Waals surface area contributed by atoms with Crippen molar-refractivity contribution in [3.05, 3.63) is 70.3 Å². The first kappa shape index (κ1) is 16.1. The van der Waals surface area contributed by atoms with Gasteiger partial charge in [-0.25, -0.2) is 0 Å². The average Bonchev–Trinajstić information content (AvgIpc) is 3.17. The summed E-state index contributed by atoms with van der Waals surface area (Å²) in [6.07, 6.45) is 1.72. The van der Waals surface area contributed by atoms with Crippen molar-refractivity contribution in [1.82, 2.24) is 30.2 Å². The summed E-state index contributed by atoms with van der Waals surface area (Å²) in [6, 6.07) is 13.7. The third-order valence-corrected chi connectivity index (χ3v) is 4.43. The third-order valence-electron chi connectivity index (χ3n) is 4.43. The summed E-state index contributed by atoms with van der Waals surface area (Å²) in [5.74, 6) is 0.638. The highest BCUT2D eigenvalue weighted by Gasteiger charge is 2.24. The number of rotatable bonds is 4. The summed E-state index contributed by atoms with van der Waals surface area (Å²) in [5, 5.41) is 14.1. The molecule has 0 radical (unpaired) electrons. The first-order chi connectivity index (χ1) is 12.6. The van der Waals surface area contributed by atoms with Gasteiger partial charge in [0.05, 0.1) is 23.5 Å². The Bertz CT molecular complexity index is 1050. The number of hydrogen-bond acceptors (Lipinski definition) is 5. The first-order valence-corrected chi connectivity index (χ1v) is 8.45. The SMILES string of the molecule is CC(C)c1cccc2n(Cc3ccccn3)c(=O)c(-c3nn[nH]n3)c-2c1.